The predicted molar refractivity (Wildman–Crippen MR) is 45.5 cm³/mol. The lowest BCUT2D eigenvalue weighted by molar-refractivity contribution is 0.402. The van der Waals surface area contributed by atoms with Crippen LogP contribution in [0.25, 0.3) is 10.9 Å². The number of hydrogen-bond donors (Lipinski definition) is 1. The summed E-state index contributed by atoms with van der Waals surface area (Å²) in [6.07, 6.45) is 1.63. The van der Waals surface area contributed by atoms with E-state index in [0.717, 1.165) is 5.39 Å². The molecule has 2 aromatic rings. The van der Waals surface area contributed by atoms with Crippen molar-refractivity contribution in [1.29, 1.82) is 0 Å². The number of pyridine rings is 1. The Labute approximate surface area is 73.5 Å². The molecule has 0 aliphatic heterocycles. The molecular weight excluding hydrogens is 178 g/mol. The summed E-state index contributed by atoms with van der Waals surface area (Å²) < 4.78 is 4.99. The number of nitrogens with one attached hydrogen (secondary N) is 1. The number of halogens is 1. The molecule has 4 nitrogen and oxygen atoms in total. The van der Waals surface area contributed by atoms with E-state index in [1.807, 2.05) is 0 Å². The standard InChI is InChI=1S/C7H6ClN3O/c1-12-7-5-4(2-3-9-7)6(8)11-10-5/h2-3H,1H3,(H,10,11). The molecule has 0 aromatic carbocycles. The summed E-state index contributed by atoms with van der Waals surface area (Å²) in [6.45, 7) is 0. The van der Waals surface area contributed by atoms with Crippen LogP contribution in [-0.4, -0.2) is 22.3 Å². The van der Waals surface area contributed by atoms with Crippen LogP contribution in [0.15, 0.2) is 12.3 Å². The van der Waals surface area contributed by atoms with Crippen LogP contribution in [0.3, 0.4) is 0 Å². The summed E-state index contributed by atoms with van der Waals surface area (Å²) in [5, 5.41) is 7.92. The molecule has 0 aliphatic rings. The molecule has 0 fully saturated rings. The third kappa shape index (κ3) is 0.921. The minimum Gasteiger partial charge on any atom is -0.479 e. The van der Waals surface area contributed by atoms with E-state index >= 15 is 0 Å². The summed E-state index contributed by atoms with van der Waals surface area (Å²) >= 11 is 5.80. The molecule has 0 saturated carbocycles. The quantitative estimate of drug-likeness (QED) is 0.731. The number of aromatic nitrogens is 3. The SMILES string of the molecule is COc1nccc2c(Cl)[nH]nc12. The molecule has 0 aliphatic carbocycles. The molecule has 0 unspecified atom stereocenters. The number of nitrogens with zero attached hydrogens (tertiary/aromatic N) is 2. The summed E-state index contributed by atoms with van der Waals surface area (Å²) in [5.41, 5.74) is 0.657. The fourth-order valence-electron chi connectivity index (χ4n) is 1.03. The highest BCUT2D eigenvalue weighted by molar-refractivity contribution is 6.34. The van der Waals surface area contributed by atoms with Crippen molar-refractivity contribution in [2.75, 3.05) is 7.11 Å². The zero-order chi connectivity index (χ0) is 8.55. The first-order valence-corrected chi connectivity index (χ1v) is 3.73. The fraction of sp³-hybridized carbons (Fsp3) is 0.143. The van der Waals surface area contributed by atoms with Crippen LogP contribution in [0, 0.1) is 0 Å². The Morgan fingerprint density at radius 3 is 3.17 bits per heavy atom. The molecular formula is C7H6ClN3O. The normalized spacial score (nSPS) is 10.5. The number of rotatable bonds is 1. The molecule has 2 rings (SSSR count). The van der Waals surface area contributed by atoms with E-state index < -0.39 is 0 Å². The highest BCUT2D eigenvalue weighted by Crippen LogP contribution is 2.25. The van der Waals surface area contributed by atoms with Crippen molar-refractivity contribution in [3.05, 3.63) is 17.4 Å². The van der Waals surface area contributed by atoms with Gasteiger partial charge in [0.05, 0.1) is 7.11 Å². The lowest BCUT2D eigenvalue weighted by atomic mass is 10.3. The molecule has 0 atom stereocenters. The van der Waals surface area contributed by atoms with Gasteiger partial charge in [0.2, 0.25) is 5.88 Å². The van der Waals surface area contributed by atoms with Gasteiger partial charge in [0.1, 0.15) is 5.15 Å². The number of H-pyrrole nitrogens is 1. The van der Waals surface area contributed by atoms with E-state index in [2.05, 4.69) is 15.2 Å². The maximum atomic E-state index is 5.80. The maximum absolute atomic E-state index is 5.80. The Kier molecular flexibility index (Phi) is 1.62. The number of methoxy groups -OCH3 is 1. The second-order valence-corrected chi connectivity index (χ2v) is 2.63. The highest BCUT2D eigenvalue weighted by Gasteiger charge is 2.07. The molecule has 2 heterocycles. The van der Waals surface area contributed by atoms with Gasteiger partial charge in [-0.1, -0.05) is 11.6 Å². The van der Waals surface area contributed by atoms with E-state index in [0.29, 0.717) is 16.5 Å². The Balaban J connectivity index is 2.81. The molecule has 5 heteroatoms. The molecule has 0 saturated heterocycles. The molecule has 12 heavy (non-hydrogen) atoms. The Morgan fingerprint density at radius 2 is 2.42 bits per heavy atom. The lowest BCUT2D eigenvalue weighted by Gasteiger charge is -1.96. The molecule has 0 amide bonds. The number of fused-ring (bicyclic) bond motifs is 1. The van der Waals surface area contributed by atoms with Gasteiger partial charge in [-0.3, -0.25) is 5.10 Å². The largest absolute Gasteiger partial charge is 0.479 e. The summed E-state index contributed by atoms with van der Waals surface area (Å²) in [6, 6.07) is 1.78. The van der Waals surface area contributed by atoms with E-state index in [4.69, 9.17) is 16.3 Å². The van der Waals surface area contributed by atoms with Crippen LogP contribution in [0.2, 0.25) is 5.15 Å². The van der Waals surface area contributed by atoms with Crippen LogP contribution in [-0.2, 0) is 0 Å². The first-order chi connectivity index (χ1) is 5.83. The van der Waals surface area contributed by atoms with Crippen LogP contribution < -0.4 is 4.74 Å². The molecule has 2 aromatic heterocycles. The first kappa shape index (κ1) is 7.36. The van der Waals surface area contributed by atoms with Crippen molar-refractivity contribution >= 4 is 22.5 Å². The van der Waals surface area contributed by atoms with Crippen LogP contribution in [0.1, 0.15) is 0 Å². The number of ether oxygens (including phenoxy) is 1. The van der Waals surface area contributed by atoms with Crippen LogP contribution >= 0.6 is 11.6 Å². The van der Waals surface area contributed by atoms with Gasteiger partial charge in [0.15, 0.2) is 5.52 Å². The molecule has 62 valence electrons. The minimum absolute atomic E-state index is 0.482. The summed E-state index contributed by atoms with van der Waals surface area (Å²) in [7, 11) is 1.55. The molecule has 0 spiro atoms. The zero-order valence-corrected chi connectivity index (χ0v) is 7.09. The van der Waals surface area contributed by atoms with Crippen molar-refractivity contribution in [3.8, 4) is 5.88 Å². The van der Waals surface area contributed by atoms with Crippen LogP contribution in [0.4, 0.5) is 0 Å². The van der Waals surface area contributed by atoms with E-state index in [9.17, 15) is 0 Å². The van der Waals surface area contributed by atoms with Gasteiger partial charge in [-0.2, -0.15) is 5.10 Å². The average molecular weight is 184 g/mol. The second kappa shape index (κ2) is 2.64. The molecule has 0 radical (unpaired) electrons. The van der Waals surface area contributed by atoms with Gasteiger partial charge >= 0.3 is 0 Å². The summed E-state index contributed by atoms with van der Waals surface area (Å²) in [5.74, 6) is 0.482. The van der Waals surface area contributed by atoms with Crippen molar-refractivity contribution in [1.82, 2.24) is 15.2 Å². The predicted octanol–water partition coefficient (Wildman–Crippen LogP) is 1.62. The number of hydrogen-bond acceptors (Lipinski definition) is 3. The zero-order valence-electron chi connectivity index (χ0n) is 6.34. The molecule has 1 N–H and O–H groups in total. The molecule has 0 bridgehead atoms. The highest BCUT2D eigenvalue weighted by atomic mass is 35.5. The first-order valence-electron chi connectivity index (χ1n) is 3.35. The minimum atomic E-state index is 0.482. The van der Waals surface area contributed by atoms with Gasteiger partial charge in [-0.05, 0) is 6.07 Å². The average Bonchev–Trinajstić information content (AvgIpc) is 2.48. The maximum Gasteiger partial charge on any atom is 0.242 e. The van der Waals surface area contributed by atoms with Crippen LogP contribution in [0.5, 0.6) is 5.88 Å². The van der Waals surface area contributed by atoms with Gasteiger partial charge in [0, 0.05) is 11.6 Å². The third-order valence-corrected chi connectivity index (χ3v) is 1.87. The van der Waals surface area contributed by atoms with Crippen molar-refractivity contribution < 1.29 is 4.74 Å². The Hall–Kier alpha value is -1.29. The Morgan fingerprint density at radius 1 is 1.58 bits per heavy atom. The fourth-order valence-corrected chi connectivity index (χ4v) is 1.23. The Bertz CT molecular complexity index is 412. The van der Waals surface area contributed by atoms with Crippen molar-refractivity contribution in [3.63, 3.8) is 0 Å². The topological polar surface area (TPSA) is 50.8 Å². The summed E-state index contributed by atoms with van der Waals surface area (Å²) in [4.78, 5) is 3.98. The van der Waals surface area contributed by atoms with Gasteiger partial charge < -0.3 is 4.74 Å². The van der Waals surface area contributed by atoms with Gasteiger partial charge in [0.25, 0.3) is 0 Å². The van der Waals surface area contributed by atoms with E-state index in [1.165, 1.54) is 0 Å². The van der Waals surface area contributed by atoms with Crippen molar-refractivity contribution in [2.24, 2.45) is 0 Å². The third-order valence-electron chi connectivity index (χ3n) is 1.59. The lowest BCUT2D eigenvalue weighted by Crippen LogP contribution is -1.87. The number of aromatic amines is 1. The van der Waals surface area contributed by atoms with Gasteiger partial charge in [-0.25, -0.2) is 4.98 Å². The van der Waals surface area contributed by atoms with Gasteiger partial charge in [-0.15, -0.1) is 0 Å². The monoisotopic (exact) mass is 183 g/mol. The van der Waals surface area contributed by atoms with E-state index in [1.54, 1.807) is 19.4 Å². The van der Waals surface area contributed by atoms with E-state index in [-0.39, 0.29) is 0 Å². The second-order valence-electron chi connectivity index (χ2n) is 2.25. The smallest absolute Gasteiger partial charge is 0.242 e. The van der Waals surface area contributed by atoms with Crippen molar-refractivity contribution in [2.45, 2.75) is 0 Å².